The normalized spacial score (nSPS) is 17.3. The number of rotatable bonds is 8. The summed E-state index contributed by atoms with van der Waals surface area (Å²) in [6, 6.07) is 0. The lowest BCUT2D eigenvalue weighted by molar-refractivity contribution is -0.131. The maximum absolute atomic E-state index is 12.2. The summed E-state index contributed by atoms with van der Waals surface area (Å²) in [5.74, 6) is 0.942. The van der Waals surface area contributed by atoms with Crippen molar-refractivity contribution in [1.29, 1.82) is 0 Å². The molecule has 1 aliphatic carbocycles. The molecule has 0 amide bonds. The van der Waals surface area contributed by atoms with Crippen LogP contribution in [0, 0.1) is 5.92 Å². The van der Waals surface area contributed by atoms with Gasteiger partial charge < -0.3 is 4.74 Å². The molecule has 0 aromatic heterocycles. The maximum Gasteiger partial charge on any atom is 0.172 e. The largest absolute Gasteiger partial charge is 0.362 e. The van der Waals surface area contributed by atoms with Gasteiger partial charge in [0.05, 0.1) is 0 Å². The van der Waals surface area contributed by atoms with E-state index < -0.39 is 5.60 Å². The highest BCUT2D eigenvalue weighted by atomic mass is 16.5. The zero-order valence-electron chi connectivity index (χ0n) is 11.9. The molecule has 0 radical (unpaired) electrons. The fourth-order valence-corrected chi connectivity index (χ4v) is 2.27. The second kappa shape index (κ2) is 7.52. The molecule has 0 saturated heterocycles. The Morgan fingerprint density at radius 1 is 1.22 bits per heavy atom. The topological polar surface area (TPSA) is 26.3 Å². The molecule has 0 atom stereocenters. The van der Waals surface area contributed by atoms with Crippen molar-refractivity contribution in [3.8, 4) is 0 Å². The van der Waals surface area contributed by atoms with Gasteiger partial charge in [-0.1, -0.05) is 45.3 Å². The summed E-state index contributed by atoms with van der Waals surface area (Å²) in [4.78, 5) is 12.2. The van der Waals surface area contributed by atoms with Crippen LogP contribution in [0.25, 0.3) is 0 Å². The molecule has 0 heterocycles. The lowest BCUT2D eigenvalue weighted by Crippen LogP contribution is -2.37. The van der Waals surface area contributed by atoms with Crippen LogP contribution in [0.1, 0.15) is 52.4 Å². The van der Waals surface area contributed by atoms with Gasteiger partial charge in [0.2, 0.25) is 0 Å². The number of hydrogen-bond donors (Lipinski definition) is 0. The third-order valence-electron chi connectivity index (χ3n) is 3.46. The van der Waals surface area contributed by atoms with E-state index in [0.717, 1.165) is 25.2 Å². The van der Waals surface area contributed by atoms with Crippen molar-refractivity contribution in [3.63, 3.8) is 0 Å². The van der Waals surface area contributed by atoms with Crippen LogP contribution in [-0.4, -0.2) is 18.5 Å². The molecule has 0 N–H and O–H groups in total. The van der Waals surface area contributed by atoms with Crippen LogP contribution >= 0.6 is 0 Å². The summed E-state index contributed by atoms with van der Waals surface area (Å²) in [6.07, 6.45) is 13.9. The average molecular weight is 250 g/mol. The van der Waals surface area contributed by atoms with Crippen molar-refractivity contribution < 1.29 is 9.53 Å². The van der Waals surface area contributed by atoms with Crippen LogP contribution in [0.5, 0.6) is 0 Å². The highest BCUT2D eigenvalue weighted by Gasteiger charge is 2.32. The lowest BCUT2D eigenvalue weighted by atomic mass is 9.89. The third kappa shape index (κ3) is 4.41. The van der Waals surface area contributed by atoms with E-state index in [0.29, 0.717) is 6.42 Å². The van der Waals surface area contributed by atoms with Gasteiger partial charge in [-0.3, -0.25) is 4.79 Å². The van der Waals surface area contributed by atoms with E-state index in [1.165, 1.54) is 12.8 Å². The second-order valence-electron chi connectivity index (χ2n) is 5.45. The maximum atomic E-state index is 12.2. The van der Waals surface area contributed by atoms with Crippen LogP contribution in [0.2, 0.25) is 0 Å². The predicted octanol–water partition coefficient (Wildman–Crippen LogP) is 4.06. The monoisotopic (exact) mass is 250 g/mol. The molecule has 18 heavy (non-hydrogen) atoms. The molecule has 2 nitrogen and oxygen atoms in total. The molecule has 102 valence electrons. The van der Waals surface area contributed by atoms with Gasteiger partial charge in [0.1, 0.15) is 0 Å². The zero-order valence-corrected chi connectivity index (χ0v) is 11.9. The summed E-state index contributed by atoms with van der Waals surface area (Å²) >= 11 is 0. The molecule has 1 aliphatic rings. The number of allylic oxidation sites excluding steroid dienone is 2. The fraction of sp³-hybridized carbons (Fsp3) is 0.688. The minimum Gasteiger partial charge on any atom is -0.362 e. The summed E-state index contributed by atoms with van der Waals surface area (Å²) < 4.78 is 5.41. The molecule has 0 aromatic rings. The molecule has 2 heteroatoms. The number of Topliss-reactive ketones (excluding diaryl/α,β-unsaturated/α-hetero) is 1. The van der Waals surface area contributed by atoms with Gasteiger partial charge in [0.15, 0.2) is 11.4 Å². The van der Waals surface area contributed by atoms with E-state index in [9.17, 15) is 4.79 Å². The van der Waals surface area contributed by atoms with Crippen LogP contribution in [0.4, 0.5) is 0 Å². The number of methoxy groups -OCH3 is 1. The first-order chi connectivity index (χ1) is 8.60. The van der Waals surface area contributed by atoms with Crippen molar-refractivity contribution in [2.24, 2.45) is 5.92 Å². The van der Waals surface area contributed by atoms with Gasteiger partial charge >= 0.3 is 0 Å². The van der Waals surface area contributed by atoms with E-state index in [-0.39, 0.29) is 5.78 Å². The molecule has 0 saturated carbocycles. The smallest absolute Gasteiger partial charge is 0.172 e. The van der Waals surface area contributed by atoms with Gasteiger partial charge in [0, 0.05) is 13.5 Å². The Hall–Kier alpha value is -0.890. The minimum absolute atomic E-state index is 0.182. The number of unbranched alkanes of at least 4 members (excludes halogenated alkanes) is 2. The SMILES string of the molecule is COC1(C(=O)CCCCCC(C)C)C=CCC=C1. The molecular weight excluding hydrogens is 224 g/mol. The quantitative estimate of drug-likeness (QED) is 0.479. The lowest BCUT2D eigenvalue weighted by Gasteiger charge is -2.26. The standard InChI is InChI=1S/C16H26O2/c1-14(2)10-6-4-7-11-15(17)16(18-3)12-8-5-9-13-16/h8-9,12-14H,4-7,10-11H2,1-3H3. The first kappa shape index (κ1) is 15.2. The van der Waals surface area contributed by atoms with Gasteiger partial charge in [-0.05, 0) is 30.9 Å². The van der Waals surface area contributed by atoms with E-state index in [1.54, 1.807) is 7.11 Å². The molecule has 0 fully saturated rings. The molecule has 0 aromatic carbocycles. The first-order valence-electron chi connectivity index (χ1n) is 7.04. The van der Waals surface area contributed by atoms with Crippen molar-refractivity contribution in [1.82, 2.24) is 0 Å². The van der Waals surface area contributed by atoms with E-state index >= 15 is 0 Å². The summed E-state index contributed by atoms with van der Waals surface area (Å²) in [7, 11) is 1.61. The number of hydrogen-bond acceptors (Lipinski definition) is 2. The average Bonchev–Trinajstić information content (AvgIpc) is 2.38. The van der Waals surface area contributed by atoms with Crippen molar-refractivity contribution >= 4 is 5.78 Å². The summed E-state index contributed by atoms with van der Waals surface area (Å²) in [5.41, 5.74) is -0.781. The van der Waals surface area contributed by atoms with E-state index in [1.807, 2.05) is 24.3 Å². The first-order valence-corrected chi connectivity index (χ1v) is 7.04. The molecule has 0 aliphatic heterocycles. The van der Waals surface area contributed by atoms with Gasteiger partial charge in [-0.15, -0.1) is 0 Å². The molecule has 0 unspecified atom stereocenters. The zero-order chi connectivity index (χ0) is 13.4. The van der Waals surface area contributed by atoms with Gasteiger partial charge in [-0.2, -0.15) is 0 Å². The Labute approximate surface area is 111 Å². The Bertz CT molecular complexity index is 301. The number of carbonyl (C=O) groups excluding carboxylic acids is 1. The number of carbonyl (C=O) groups is 1. The van der Waals surface area contributed by atoms with Crippen molar-refractivity contribution in [2.45, 2.75) is 58.0 Å². The highest BCUT2D eigenvalue weighted by Crippen LogP contribution is 2.23. The molecule has 0 bridgehead atoms. The molecular formula is C16H26O2. The predicted molar refractivity (Wildman–Crippen MR) is 75.6 cm³/mol. The third-order valence-corrected chi connectivity index (χ3v) is 3.46. The van der Waals surface area contributed by atoms with Gasteiger partial charge in [0.25, 0.3) is 0 Å². The number of ether oxygens (including phenoxy) is 1. The second-order valence-corrected chi connectivity index (χ2v) is 5.45. The molecule has 0 spiro atoms. The summed E-state index contributed by atoms with van der Waals surface area (Å²) in [5, 5.41) is 0. The Morgan fingerprint density at radius 3 is 2.44 bits per heavy atom. The van der Waals surface area contributed by atoms with Crippen LogP contribution < -0.4 is 0 Å². The number of ketones is 1. The van der Waals surface area contributed by atoms with Crippen molar-refractivity contribution in [2.75, 3.05) is 7.11 Å². The fourth-order valence-electron chi connectivity index (χ4n) is 2.27. The van der Waals surface area contributed by atoms with Gasteiger partial charge in [-0.25, -0.2) is 0 Å². The van der Waals surface area contributed by atoms with E-state index in [2.05, 4.69) is 13.8 Å². The Balaban J connectivity index is 2.33. The summed E-state index contributed by atoms with van der Waals surface area (Å²) in [6.45, 7) is 4.48. The minimum atomic E-state index is -0.781. The van der Waals surface area contributed by atoms with Crippen LogP contribution in [0.3, 0.4) is 0 Å². The Kier molecular flexibility index (Phi) is 6.34. The van der Waals surface area contributed by atoms with Crippen LogP contribution in [0.15, 0.2) is 24.3 Å². The van der Waals surface area contributed by atoms with E-state index in [4.69, 9.17) is 4.74 Å². The van der Waals surface area contributed by atoms with Crippen LogP contribution in [-0.2, 0) is 9.53 Å². The Morgan fingerprint density at radius 2 is 1.89 bits per heavy atom. The van der Waals surface area contributed by atoms with Crippen molar-refractivity contribution in [3.05, 3.63) is 24.3 Å². The highest BCUT2D eigenvalue weighted by molar-refractivity contribution is 5.91. The molecule has 1 rings (SSSR count).